The van der Waals surface area contributed by atoms with Gasteiger partial charge in [0.25, 0.3) is 0 Å². The third kappa shape index (κ3) is 25.7. The summed E-state index contributed by atoms with van der Waals surface area (Å²) in [6.07, 6.45) is 19.5. The van der Waals surface area contributed by atoms with E-state index in [1.807, 2.05) is 30.3 Å². The number of carbonyl (C=O) groups is 3. The summed E-state index contributed by atoms with van der Waals surface area (Å²) < 4.78 is 22.1. The van der Waals surface area contributed by atoms with Crippen molar-refractivity contribution in [3.63, 3.8) is 0 Å². The number of hydrogen-bond donors (Lipinski definition) is 2. The average molecular weight is 649 g/mol. The molecule has 1 atom stereocenters. The predicted molar refractivity (Wildman–Crippen MR) is 183 cm³/mol. The van der Waals surface area contributed by atoms with E-state index in [-0.39, 0.29) is 32.8 Å². The van der Waals surface area contributed by atoms with E-state index in [9.17, 15) is 14.4 Å². The van der Waals surface area contributed by atoms with Crippen LogP contribution in [0.3, 0.4) is 0 Å². The van der Waals surface area contributed by atoms with Gasteiger partial charge >= 0.3 is 5.97 Å². The van der Waals surface area contributed by atoms with Gasteiger partial charge in [-0.05, 0) is 18.4 Å². The molecule has 0 aliphatic carbocycles. The smallest absolute Gasteiger partial charge is 0.308 e. The van der Waals surface area contributed by atoms with E-state index in [1.54, 1.807) is 0 Å². The molecule has 0 heterocycles. The van der Waals surface area contributed by atoms with Crippen LogP contribution in [0.15, 0.2) is 30.3 Å². The number of nitrogens with one attached hydrogen (secondary N) is 2. The van der Waals surface area contributed by atoms with Gasteiger partial charge in [0.2, 0.25) is 11.8 Å². The van der Waals surface area contributed by atoms with Crippen LogP contribution >= 0.6 is 0 Å². The molecule has 0 unspecified atom stereocenters. The molecule has 9 heteroatoms. The fourth-order valence-electron chi connectivity index (χ4n) is 4.94. The molecule has 1 rings (SSSR count). The van der Waals surface area contributed by atoms with Gasteiger partial charge in [-0.25, -0.2) is 0 Å². The minimum absolute atomic E-state index is 0.0939. The van der Waals surface area contributed by atoms with Gasteiger partial charge < -0.3 is 29.6 Å². The maximum atomic E-state index is 12.9. The van der Waals surface area contributed by atoms with Gasteiger partial charge in [0.05, 0.1) is 26.2 Å². The zero-order valence-corrected chi connectivity index (χ0v) is 29.0. The Morgan fingerprint density at radius 1 is 0.630 bits per heavy atom. The quantitative estimate of drug-likeness (QED) is 0.0636. The van der Waals surface area contributed by atoms with E-state index < -0.39 is 23.8 Å². The summed E-state index contributed by atoms with van der Waals surface area (Å²) in [5.74, 6) is -1.52. The summed E-state index contributed by atoms with van der Waals surface area (Å²) in [6.45, 7) is 6.98. The molecule has 2 N–H and O–H groups in total. The monoisotopic (exact) mass is 648 g/mol. The molecule has 2 amide bonds. The highest BCUT2D eigenvalue weighted by Crippen LogP contribution is 2.09. The van der Waals surface area contributed by atoms with E-state index in [0.717, 1.165) is 31.2 Å². The lowest BCUT2D eigenvalue weighted by Gasteiger charge is -2.18. The highest BCUT2D eigenvalue weighted by molar-refractivity contribution is 5.91. The molecule has 0 aromatic heterocycles. The van der Waals surface area contributed by atoms with Gasteiger partial charge in [-0.3, -0.25) is 14.4 Å². The second kappa shape index (κ2) is 31.1. The number of hydrogen-bond acceptors (Lipinski definition) is 7. The molecule has 0 fully saturated rings. The Morgan fingerprint density at radius 3 is 1.74 bits per heavy atom. The van der Waals surface area contributed by atoms with E-state index in [1.165, 1.54) is 77.0 Å². The number of ether oxygens (including phenoxy) is 4. The largest absolute Gasteiger partial charge is 0.461 e. The average Bonchev–Trinajstić information content (AvgIpc) is 3.06. The minimum atomic E-state index is -1.08. The lowest BCUT2D eigenvalue weighted by molar-refractivity contribution is -0.147. The zero-order valence-electron chi connectivity index (χ0n) is 29.0. The predicted octanol–water partition coefficient (Wildman–Crippen LogP) is 7.05. The molecule has 0 saturated heterocycles. The molecule has 0 bridgehead atoms. The topological polar surface area (TPSA) is 112 Å². The van der Waals surface area contributed by atoms with Crippen LogP contribution in [0.5, 0.6) is 0 Å². The Morgan fingerprint density at radius 2 is 1.15 bits per heavy atom. The maximum Gasteiger partial charge on any atom is 0.308 e. The van der Waals surface area contributed by atoms with Crippen molar-refractivity contribution < 1.29 is 33.3 Å². The summed E-state index contributed by atoms with van der Waals surface area (Å²) in [5, 5.41) is 5.39. The Bertz CT molecular complexity index is 869. The minimum Gasteiger partial charge on any atom is -0.461 e. The molecule has 0 radical (unpaired) electrons. The van der Waals surface area contributed by atoms with E-state index in [2.05, 4.69) is 24.5 Å². The van der Waals surface area contributed by atoms with Crippen molar-refractivity contribution in [2.45, 2.75) is 136 Å². The van der Waals surface area contributed by atoms with Gasteiger partial charge in [0.1, 0.15) is 19.3 Å². The molecule has 46 heavy (non-hydrogen) atoms. The summed E-state index contributed by atoms with van der Waals surface area (Å²) in [5.41, 5.74) is 0.840. The number of amides is 2. The van der Waals surface area contributed by atoms with Crippen molar-refractivity contribution in [2.75, 3.05) is 46.2 Å². The van der Waals surface area contributed by atoms with Crippen LogP contribution in [0.1, 0.15) is 129 Å². The van der Waals surface area contributed by atoms with Crippen LogP contribution in [0, 0.1) is 0 Å². The maximum absolute atomic E-state index is 12.9. The molecular weight excluding hydrogens is 584 g/mol. The molecule has 0 saturated carbocycles. The summed E-state index contributed by atoms with van der Waals surface area (Å²) >= 11 is 0. The van der Waals surface area contributed by atoms with Crippen LogP contribution in [-0.4, -0.2) is 70.0 Å². The highest BCUT2D eigenvalue weighted by atomic mass is 16.5. The van der Waals surface area contributed by atoms with Crippen molar-refractivity contribution in [3.8, 4) is 0 Å². The third-order valence-electron chi connectivity index (χ3n) is 7.70. The highest BCUT2D eigenvalue weighted by Gasteiger charge is 2.24. The molecule has 0 aliphatic heterocycles. The van der Waals surface area contributed by atoms with Crippen LogP contribution in [0.25, 0.3) is 0 Å². The molecule has 0 aliphatic rings. The fraction of sp³-hybridized carbons (Fsp3) is 0.757. The Balaban J connectivity index is 2.30. The van der Waals surface area contributed by atoms with Crippen molar-refractivity contribution >= 4 is 17.8 Å². The zero-order chi connectivity index (χ0) is 33.3. The molecule has 9 nitrogen and oxygen atoms in total. The van der Waals surface area contributed by atoms with Gasteiger partial charge in [-0.2, -0.15) is 0 Å². The lowest BCUT2D eigenvalue weighted by atomic mass is 10.1. The first-order valence-corrected chi connectivity index (χ1v) is 18.1. The Kier molecular flexibility index (Phi) is 28.1. The summed E-state index contributed by atoms with van der Waals surface area (Å²) in [4.78, 5) is 38.0. The first kappa shape index (κ1) is 41.5. The van der Waals surface area contributed by atoms with Crippen LogP contribution in [0.4, 0.5) is 0 Å². The number of esters is 1. The Hall–Kier alpha value is -2.49. The second-order valence-electron chi connectivity index (χ2n) is 12.0. The number of carbonyl (C=O) groups excluding carboxylic acids is 3. The SMILES string of the molecule is CCCCCCCCCCOCCNC(=O)[C@H](CC(=O)OCc1ccccc1)NC(=O)COCCOCCCCCCCCCC. The van der Waals surface area contributed by atoms with Crippen LogP contribution in [0.2, 0.25) is 0 Å². The molecule has 1 aromatic rings. The lowest BCUT2D eigenvalue weighted by Crippen LogP contribution is -2.49. The third-order valence-corrected chi connectivity index (χ3v) is 7.70. The van der Waals surface area contributed by atoms with E-state index in [0.29, 0.717) is 26.4 Å². The Labute approximate surface area is 279 Å². The summed E-state index contributed by atoms with van der Waals surface area (Å²) in [6, 6.07) is 8.22. The van der Waals surface area contributed by atoms with Gasteiger partial charge in [0.15, 0.2) is 0 Å². The van der Waals surface area contributed by atoms with Crippen molar-refractivity contribution in [2.24, 2.45) is 0 Å². The van der Waals surface area contributed by atoms with Crippen molar-refractivity contribution in [3.05, 3.63) is 35.9 Å². The van der Waals surface area contributed by atoms with Crippen LogP contribution in [-0.2, 0) is 39.9 Å². The second-order valence-corrected chi connectivity index (χ2v) is 12.0. The molecule has 0 spiro atoms. The van der Waals surface area contributed by atoms with Crippen LogP contribution < -0.4 is 10.6 Å². The van der Waals surface area contributed by atoms with E-state index >= 15 is 0 Å². The van der Waals surface area contributed by atoms with Gasteiger partial charge in [-0.15, -0.1) is 0 Å². The summed E-state index contributed by atoms with van der Waals surface area (Å²) in [7, 11) is 0. The molecule has 264 valence electrons. The first-order chi connectivity index (χ1) is 22.6. The fourth-order valence-corrected chi connectivity index (χ4v) is 4.94. The van der Waals surface area contributed by atoms with E-state index in [4.69, 9.17) is 18.9 Å². The van der Waals surface area contributed by atoms with Gasteiger partial charge in [0, 0.05) is 19.8 Å². The van der Waals surface area contributed by atoms with Crippen molar-refractivity contribution in [1.29, 1.82) is 0 Å². The first-order valence-electron chi connectivity index (χ1n) is 18.1. The molecule has 1 aromatic carbocycles. The standard InChI is InChI=1S/C37H64N2O7/c1-3-5-7-9-11-13-15-20-25-43-27-24-38-37(42)34(30-36(41)46-31-33-22-18-17-19-23-33)39-35(40)32-45-29-28-44-26-21-16-14-12-10-8-6-4-2/h17-19,22-23,34H,3-16,20-21,24-32H2,1-2H3,(H,38,42)(H,39,40)/t34-/m0/s1. The normalized spacial score (nSPS) is 11.7. The number of benzene rings is 1. The van der Waals surface area contributed by atoms with Crippen molar-refractivity contribution in [1.82, 2.24) is 10.6 Å². The number of unbranched alkanes of at least 4 members (excludes halogenated alkanes) is 14. The van der Waals surface area contributed by atoms with Gasteiger partial charge in [-0.1, -0.05) is 134 Å². The molecular formula is C37H64N2O7. The number of rotatable bonds is 32.